The zero-order valence-electron chi connectivity index (χ0n) is 8.51. The van der Waals surface area contributed by atoms with E-state index in [-0.39, 0.29) is 5.57 Å². The van der Waals surface area contributed by atoms with Crippen LogP contribution in [0.15, 0.2) is 30.2 Å². The summed E-state index contributed by atoms with van der Waals surface area (Å²) in [6.45, 7) is -3.44. The van der Waals surface area contributed by atoms with E-state index in [0.29, 0.717) is 17.3 Å². The Bertz CT molecular complexity index is 354. The highest BCUT2D eigenvalue weighted by molar-refractivity contribution is 6.65. The normalized spacial score (nSPS) is 12.7. The van der Waals surface area contributed by atoms with E-state index >= 15 is 0 Å². The molecule has 0 aliphatic carbocycles. The lowest BCUT2D eigenvalue weighted by atomic mass is 9.87. The van der Waals surface area contributed by atoms with Crippen molar-refractivity contribution in [1.82, 2.24) is 0 Å². The van der Waals surface area contributed by atoms with Crippen LogP contribution < -0.4 is 4.74 Å². The Kier molecular flexibility index (Phi) is 3.45. The van der Waals surface area contributed by atoms with Crippen molar-refractivity contribution in [2.24, 2.45) is 0 Å². The molecular formula is C10H11BF3O-. The second kappa shape index (κ2) is 4.42. The Morgan fingerprint density at radius 1 is 1.20 bits per heavy atom. The Morgan fingerprint density at radius 3 is 2.13 bits per heavy atom. The summed E-state index contributed by atoms with van der Waals surface area (Å²) in [5.74, 6) is 0.978. The van der Waals surface area contributed by atoms with Gasteiger partial charge in [0.05, 0.1) is 7.11 Å². The molecule has 0 atom stereocenters. The van der Waals surface area contributed by atoms with Crippen molar-refractivity contribution in [2.45, 2.75) is 6.92 Å². The Morgan fingerprint density at radius 2 is 1.73 bits per heavy atom. The van der Waals surface area contributed by atoms with Gasteiger partial charge in [-0.3, -0.25) is 0 Å². The quantitative estimate of drug-likeness (QED) is 0.701. The fourth-order valence-corrected chi connectivity index (χ4v) is 1.23. The summed E-state index contributed by atoms with van der Waals surface area (Å²) in [6.07, 6.45) is 0. The molecule has 0 spiro atoms. The molecule has 0 amide bonds. The van der Waals surface area contributed by atoms with Gasteiger partial charge in [0.25, 0.3) is 0 Å². The van der Waals surface area contributed by atoms with E-state index in [9.17, 15) is 12.9 Å². The third-order valence-electron chi connectivity index (χ3n) is 1.98. The number of halogens is 3. The van der Waals surface area contributed by atoms with Gasteiger partial charge in [0.2, 0.25) is 0 Å². The van der Waals surface area contributed by atoms with Gasteiger partial charge in [-0.2, -0.15) is 0 Å². The molecule has 0 heterocycles. The number of methoxy groups -OCH3 is 1. The van der Waals surface area contributed by atoms with E-state index in [2.05, 4.69) is 0 Å². The van der Waals surface area contributed by atoms with Crippen LogP contribution in [-0.4, -0.2) is 14.1 Å². The predicted octanol–water partition coefficient (Wildman–Crippen LogP) is 3.49. The molecule has 1 rings (SSSR count). The van der Waals surface area contributed by atoms with E-state index in [1.54, 1.807) is 24.3 Å². The zero-order chi connectivity index (χ0) is 11.5. The lowest BCUT2D eigenvalue weighted by Crippen LogP contribution is -2.10. The topological polar surface area (TPSA) is 9.23 Å². The fourth-order valence-electron chi connectivity index (χ4n) is 1.23. The first-order valence-corrected chi connectivity index (χ1v) is 4.46. The van der Waals surface area contributed by atoms with Gasteiger partial charge in [0.1, 0.15) is 5.75 Å². The number of benzene rings is 1. The van der Waals surface area contributed by atoms with Gasteiger partial charge in [0, 0.05) is 0 Å². The van der Waals surface area contributed by atoms with Crippen LogP contribution in [0.2, 0.25) is 0 Å². The average molecular weight is 215 g/mol. The van der Waals surface area contributed by atoms with Gasteiger partial charge in [0.15, 0.2) is 0 Å². The standard InChI is InChI=1S/C10H11BF3O/c1-8(7-11(12,13)14)9-3-5-10(15-2)6-4-9/h3-7H,1-2H3/q-1/b8-7+. The maximum atomic E-state index is 12.1. The van der Waals surface area contributed by atoms with E-state index in [1.807, 2.05) is 0 Å². The van der Waals surface area contributed by atoms with E-state index < -0.39 is 6.98 Å². The third kappa shape index (κ3) is 3.69. The van der Waals surface area contributed by atoms with Gasteiger partial charge in [-0.1, -0.05) is 17.7 Å². The average Bonchev–Trinajstić information content (AvgIpc) is 2.15. The largest absolute Gasteiger partial charge is 0.502 e. The Labute approximate surface area is 86.6 Å². The van der Waals surface area contributed by atoms with Crippen LogP contribution >= 0.6 is 0 Å². The monoisotopic (exact) mass is 215 g/mol. The van der Waals surface area contributed by atoms with Crippen LogP contribution in [0, 0.1) is 0 Å². The second-order valence-corrected chi connectivity index (χ2v) is 3.20. The molecule has 0 aliphatic heterocycles. The molecular weight excluding hydrogens is 204 g/mol. The summed E-state index contributed by atoms with van der Waals surface area (Å²) in [4.78, 5) is 0. The summed E-state index contributed by atoms with van der Waals surface area (Å²) in [7, 11) is 1.51. The summed E-state index contributed by atoms with van der Waals surface area (Å²) >= 11 is 0. The van der Waals surface area contributed by atoms with Crippen molar-refractivity contribution in [3.8, 4) is 5.75 Å². The maximum absolute atomic E-state index is 12.1. The minimum absolute atomic E-state index is 0.213. The Balaban J connectivity index is 2.92. The molecule has 0 aromatic heterocycles. The fraction of sp³-hybridized carbons (Fsp3) is 0.200. The molecule has 0 radical (unpaired) electrons. The number of hydrogen-bond acceptors (Lipinski definition) is 1. The van der Waals surface area contributed by atoms with E-state index in [4.69, 9.17) is 4.74 Å². The van der Waals surface area contributed by atoms with E-state index in [0.717, 1.165) is 0 Å². The van der Waals surface area contributed by atoms with E-state index in [1.165, 1.54) is 14.0 Å². The highest BCUT2D eigenvalue weighted by Gasteiger charge is 2.18. The summed E-state index contributed by atoms with van der Waals surface area (Å²) in [5.41, 5.74) is 0.764. The molecule has 82 valence electrons. The van der Waals surface area contributed by atoms with Crippen LogP contribution in [0.4, 0.5) is 12.9 Å². The molecule has 0 saturated heterocycles. The first-order chi connectivity index (χ1) is 6.92. The van der Waals surface area contributed by atoms with Crippen molar-refractivity contribution in [1.29, 1.82) is 0 Å². The van der Waals surface area contributed by atoms with Gasteiger partial charge >= 0.3 is 6.98 Å². The van der Waals surface area contributed by atoms with Gasteiger partial charge in [-0.25, -0.2) is 0 Å². The summed E-state index contributed by atoms with van der Waals surface area (Å²) in [6, 6.07) is 6.48. The SMILES string of the molecule is COc1ccc(/C(C)=C/[B-](F)(F)F)cc1. The molecule has 1 nitrogen and oxygen atoms in total. The zero-order valence-corrected chi connectivity index (χ0v) is 8.51. The van der Waals surface area contributed by atoms with Crippen molar-refractivity contribution in [3.63, 3.8) is 0 Å². The number of rotatable bonds is 3. The molecule has 0 N–H and O–H groups in total. The molecule has 0 fully saturated rings. The van der Waals surface area contributed by atoms with Crippen LogP contribution in [0.5, 0.6) is 5.75 Å². The first kappa shape index (κ1) is 11.7. The number of allylic oxidation sites excluding steroid dienone is 1. The molecule has 5 heteroatoms. The van der Waals surface area contributed by atoms with Gasteiger partial charge < -0.3 is 17.7 Å². The molecule has 1 aromatic carbocycles. The van der Waals surface area contributed by atoms with Crippen molar-refractivity contribution in [2.75, 3.05) is 7.11 Å². The van der Waals surface area contributed by atoms with Crippen molar-refractivity contribution >= 4 is 12.6 Å². The van der Waals surface area contributed by atoms with Gasteiger partial charge in [-0.05, 0) is 24.6 Å². The predicted molar refractivity (Wildman–Crippen MR) is 55.7 cm³/mol. The smallest absolute Gasteiger partial charge is 0.497 e. The Hall–Kier alpha value is -1.39. The van der Waals surface area contributed by atoms with Crippen LogP contribution in [-0.2, 0) is 0 Å². The first-order valence-electron chi connectivity index (χ1n) is 4.46. The minimum Gasteiger partial charge on any atom is -0.497 e. The van der Waals surface area contributed by atoms with Gasteiger partial charge in [-0.15, -0.1) is 5.98 Å². The number of ether oxygens (including phenoxy) is 1. The molecule has 15 heavy (non-hydrogen) atoms. The third-order valence-corrected chi connectivity index (χ3v) is 1.98. The highest BCUT2D eigenvalue weighted by Crippen LogP contribution is 2.22. The molecule has 0 aliphatic rings. The highest BCUT2D eigenvalue weighted by atomic mass is 19.4. The van der Waals surface area contributed by atoms with Crippen molar-refractivity contribution in [3.05, 3.63) is 35.8 Å². The summed E-state index contributed by atoms with van der Waals surface area (Å²) < 4.78 is 41.2. The molecule has 0 unspecified atom stereocenters. The lowest BCUT2D eigenvalue weighted by Gasteiger charge is -2.11. The molecule has 0 bridgehead atoms. The lowest BCUT2D eigenvalue weighted by molar-refractivity contribution is 0.415. The minimum atomic E-state index is -4.88. The van der Waals surface area contributed by atoms with Crippen LogP contribution in [0.3, 0.4) is 0 Å². The maximum Gasteiger partial charge on any atom is 0.502 e. The van der Waals surface area contributed by atoms with Crippen LogP contribution in [0.25, 0.3) is 5.57 Å². The second-order valence-electron chi connectivity index (χ2n) is 3.20. The molecule has 0 saturated carbocycles. The molecule has 1 aromatic rings. The summed E-state index contributed by atoms with van der Waals surface area (Å²) in [5, 5.41) is 0. The number of hydrogen-bond donors (Lipinski definition) is 0. The van der Waals surface area contributed by atoms with Crippen molar-refractivity contribution < 1.29 is 17.7 Å². The van der Waals surface area contributed by atoms with Crippen LogP contribution in [0.1, 0.15) is 12.5 Å².